The zero-order valence-corrected chi connectivity index (χ0v) is 10.8. The smallest absolute Gasteiger partial charge is 0.320 e. The molecular formula is C13H19NO4. The van der Waals surface area contributed by atoms with Crippen molar-refractivity contribution in [2.75, 3.05) is 7.11 Å². The van der Waals surface area contributed by atoms with E-state index in [0.717, 1.165) is 0 Å². The van der Waals surface area contributed by atoms with E-state index < -0.39 is 12.0 Å². The summed E-state index contributed by atoms with van der Waals surface area (Å²) >= 11 is 0. The maximum absolute atomic E-state index is 11.0. The van der Waals surface area contributed by atoms with Crippen molar-refractivity contribution >= 4 is 5.97 Å². The van der Waals surface area contributed by atoms with Crippen molar-refractivity contribution in [3.05, 3.63) is 23.8 Å². The van der Waals surface area contributed by atoms with Crippen molar-refractivity contribution in [3.63, 3.8) is 0 Å². The lowest BCUT2D eigenvalue weighted by Crippen LogP contribution is -2.40. The number of phenols is 1. The van der Waals surface area contributed by atoms with Gasteiger partial charge >= 0.3 is 5.97 Å². The predicted octanol–water partition coefficient (Wildman–Crippen LogP) is 1.60. The molecule has 0 aromatic heterocycles. The topological polar surface area (TPSA) is 78.8 Å². The largest absolute Gasteiger partial charge is 0.507 e. The van der Waals surface area contributed by atoms with E-state index in [1.807, 2.05) is 13.8 Å². The van der Waals surface area contributed by atoms with Crippen LogP contribution in [0, 0.1) is 5.92 Å². The first kappa shape index (κ1) is 14.3. The van der Waals surface area contributed by atoms with Gasteiger partial charge in [0.1, 0.15) is 17.5 Å². The minimum absolute atomic E-state index is 0.0251. The first-order valence-electron chi connectivity index (χ1n) is 5.77. The van der Waals surface area contributed by atoms with Gasteiger partial charge in [-0.1, -0.05) is 19.9 Å². The van der Waals surface area contributed by atoms with Crippen molar-refractivity contribution in [1.82, 2.24) is 5.32 Å². The first-order chi connectivity index (χ1) is 8.45. The second kappa shape index (κ2) is 6.26. The van der Waals surface area contributed by atoms with Gasteiger partial charge in [-0.3, -0.25) is 10.1 Å². The van der Waals surface area contributed by atoms with E-state index in [4.69, 9.17) is 9.84 Å². The van der Waals surface area contributed by atoms with E-state index in [1.165, 1.54) is 13.2 Å². The fraction of sp³-hybridized carbons (Fsp3) is 0.462. The molecule has 18 heavy (non-hydrogen) atoms. The van der Waals surface area contributed by atoms with E-state index in [9.17, 15) is 9.90 Å². The van der Waals surface area contributed by atoms with Crippen LogP contribution in [0.1, 0.15) is 19.4 Å². The summed E-state index contributed by atoms with van der Waals surface area (Å²) in [6.45, 7) is 3.96. The van der Waals surface area contributed by atoms with Crippen LogP contribution >= 0.6 is 0 Å². The summed E-state index contributed by atoms with van der Waals surface area (Å²) in [7, 11) is 1.52. The Morgan fingerprint density at radius 2 is 2.11 bits per heavy atom. The number of aliphatic carboxylic acids is 1. The van der Waals surface area contributed by atoms with Crippen molar-refractivity contribution in [3.8, 4) is 11.5 Å². The van der Waals surface area contributed by atoms with Gasteiger partial charge in [0.2, 0.25) is 0 Å². The van der Waals surface area contributed by atoms with Gasteiger partial charge < -0.3 is 14.9 Å². The summed E-state index contributed by atoms with van der Waals surface area (Å²) in [6.07, 6.45) is 0. The molecule has 0 fully saturated rings. The molecule has 3 N–H and O–H groups in total. The molecule has 0 bridgehead atoms. The lowest BCUT2D eigenvalue weighted by Gasteiger charge is -2.18. The summed E-state index contributed by atoms with van der Waals surface area (Å²) in [5, 5.41) is 21.7. The Morgan fingerprint density at radius 3 is 2.56 bits per heavy atom. The van der Waals surface area contributed by atoms with Crippen LogP contribution in [0.2, 0.25) is 0 Å². The van der Waals surface area contributed by atoms with E-state index in [-0.39, 0.29) is 11.7 Å². The van der Waals surface area contributed by atoms with Crippen LogP contribution in [0.3, 0.4) is 0 Å². The van der Waals surface area contributed by atoms with Crippen LogP contribution in [0.15, 0.2) is 18.2 Å². The number of methoxy groups -OCH3 is 1. The summed E-state index contributed by atoms with van der Waals surface area (Å²) < 4.78 is 4.98. The monoisotopic (exact) mass is 253 g/mol. The third-order valence-electron chi connectivity index (χ3n) is 2.74. The molecule has 1 unspecified atom stereocenters. The summed E-state index contributed by atoms with van der Waals surface area (Å²) in [5.41, 5.74) is 0.641. The zero-order valence-electron chi connectivity index (χ0n) is 10.8. The molecule has 0 amide bonds. The van der Waals surface area contributed by atoms with Gasteiger partial charge in [-0.2, -0.15) is 0 Å². The molecule has 0 spiro atoms. The number of benzene rings is 1. The van der Waals surface area contributed by atoms with Crippen LogP contribution < -0.4 is 10.1 Å². The second-order valence-corrected chi connectivity index (χ2v) is 4.44. The van der Waals surface area contributed by atoms with Gasteiger partial charge in [-0.05, 0) is 12.0 Å². The second-order valence-electron chi connectivity index (χ2n) is 4.44. The predicted molar refractivity (Wildman–Crippen MR) is 67.8 cm³/mol. The Hall–Kier alpha value is -1.75. The number of nitrogens with one attached hydrogen (secondary N) is 1. The highest BCUT2D eigenvalue weighted by Crippen LogP contribution is 2.23. The van der Waals surface area contributed by atoms with Crippen LogP contribution in [0.25, 0.3) is 0 Å². The van der Waals surface area contributed by atoms with Crippen LogP contribution in [0.4, 0.5) is 0 Å². The molecule has 1 atom stereocenters. The first-order valence-corrected chi connectivity index (χ1v) is 5.77. The highest BCUT2D eigenvalue weighted by Gasteiger charge is 2.20. The van der Waals surface area contributed by atoms with Crippen LogP contribution in [0.5, 0.6) is 11.5 Å². The van der Waals surface area contributed by atoms with Gasteiger partial charge in [-0.15, -0.1) is 0 Å². The molecule has 0 aliphatic rings. The molecule has 0 aliphatic heterocycles. The quantitative estimate of drug-likeness (QED) is 0.717. The number of phenolic OH excluding ortho intramolecular Hbond substituents is 1. The lowest BCUT2D eigenvalue weighted by molar-refractivity contribution is -0.140. The molecule has 0 heterocycles. The van der Waals surface area contributed by atoms with Crippen molar-refractivity contribution in [1.29, 1.82) is 0 Å². The third kappa shape index (κ3) is 3.63. The average Bonchev–Trinajstić information content (AvgIpc) is 2.30. The van der Waals surface area contributed by atoms with Crippen molar-refractivity contribution in [2.24, 2.45) is 5.92 Å². The fourth-order valence-corrected chi connectivity index (χ4v) is 1.65. The fourth-order valence-electron chi connectivity index (χ4n) is 1.65. The van der Waals surface area contributed by atoms with E-state index in [2.05, 4.69) is 5.32 Å². The number of ether oxygens (including phenoxy) is 1. The molecule has 0 saturated heterocycles. The number of hydrogen-bond acceptors (Lipinski definition) is 4. The minimum atomic E-state index is -0.891. The summed E-state index contributed by atoms with van der Waals surface area (Å²) in [6, 6.07) is 4.30. The number of hydrogen-bond donors (Lipinski definition) is 3. The molecule has 0 radical (unpaired) electrons. The van der Waals surface area contributed by atoms with Crippen molar-refractivity contribution < 1.29 is 19.7 Å². The molecule has 5 heteroatoms. The summed E-state index contributed by atoms with van der Waals surface area (Å²) in [4.78, 5) is 11.0. The summed E-state index contributed by atoms with van der Waals surface area (Å²) in [5.74, 6) is -0.259. The van der Waals surface area contributed by atoms with Gasteiger partial charge in [-0.25, -0.2) is 0 Å². The molecule has 1 rings (SSSR count). The van der Waals surface area contributed by atoms with Crippen LogP contribution in [-0.4, -0.2) is 29.3 Å². The SMILES string of the molecule is COc1ccc(CNC(C(=O)O)C(C)C)c(O)c1. The Balaban J connectivity index is 2.70. The maximum atomic E-state index is 11.0. The molecule has 0 aliphatic carbocycles. The number of rotatable bonds is 6. The zero-order chi connectivity index (χ0) is 13.7. The van der Waals surface area contributed by atoms with Gasteiger partial charge in [0.05, 0.1) is 7.11 Å². The molecule has 100 valence electrons. The normalized spacial score (nSPS) is 12.4. The Morgan fingerprint density at radius 1 is 1.44 bits per heavy atom. The Kier molecular flexibility index (Phi) is 4.97. The molecule has 1 aromatic carbocycles. The van der Waals surface area contributed by atoms with E-state index >= 15 is 0 Å². The molecule has 0 saturated carbocycles. The number of aromatic hydroxyl groups is 1. The Labute approximate surface area is 106 Å². The highest BCUT2D eigenvalue weighted by atomic mass is 16.5. The molecule has 5 nitrogen and oxygen atoms in total. The standard InChI is InChI=1S/C13H19NO4/c1-8(2)12(13(16)17)14-7-9-4-5-10(18-3)6-11(9)15/h4-6,8,12,14-15H,7H2,1-3H3,(H,16,17). The van der Waals surface area contributed by atoms with Crippen molar-refractivity contribution in [2.45, 2.75) is 26.4 Å². The highest BCUT2D eigenvalue weighted by molar-refractivity contribution is 5.73. The van der Waals surface area contributed by atoms with E-state index in [0.29, 0.717) is 17.9 Å². The lowest BCUT2D eigenvalue weighted by atomic mass is 10.0. The third-order valence-corrected chi connectivity index (χ3v) is 2.74. The average molecular weight is 253 g/mol. The maximum Gasteiger partial charge on any atom is 0.320 e. The van der Waals surface area contributed by atoms with Gasteiger partial charge in [0.25, 0.3) is 0 Å². The molecule has 1 aromatic rings. The van der Waals surface area contributed by atoms with E-state index in [1.54, 1.807) is 12.1 Å². The number of carboxylic acid groups (broad SMARTS) is 1. The molecular weight excluding hydrogens is 234 g/mol. The van der Waals surface area contributed by atoms with Crippen LogP contribution in [-0.2, 0) is 11.3 Å². The van der Waals surface area contributed by atoms with Gasteiger partial charge in [0, 0.05) is 18.2 Å². The number of carbonyl (C=O) groups is 1. The minimum Gasteiger partial charge on any atom is -0.507 e. The van der Waals surface area contributed by atoms with Gasteiger partial charge in [0.15, 0.2) is 0 Å². The number of carboxylic acids is 1. The Bertz CT molecular complexity index is 417.